The first kappa shape index (κ1) is 18.4. The Labute approximate surface area is 160 Å². The van der Waals surface area contributed by atoms with Gasteiger partial charge in [-0.05, 0) is 45.4 Å². The second kappa shape index (κ2) is 7.11. The number of benzene rings is 1. The maximum absolute atomic E-state index is 12.4. The van der Waals surface area contributed by atoms with E-state index in [1.165, 1.54) is 0 Å². The maximum atomic E-state index is 12.4. The molecule has 0 radical (unpaired) electrons. The average molecular weight is 421 g/mol. The van der Waals surface area contributed by atoms with E-state index in [0.29, 0.717) is 30.9 Å². The van der Waals surface area contributed by atoms with Gasteiger partial charge >= 0.3 is 6.09 Å². The van der Waals surface area contributed by atoms with E-state index < -0.39 is 5.60 Å². The van der Waals surface area contributed by atoms with Gasteiger partial charge in [0.05, 0.1) is 12.2 Å². The van der Waals surface area contributed by atoms with E-state index in [9.17, 15) is 9.59 Å². The van der Waals surface area contributed by atoms with Gasteiger partial charge in [-0.3, -0.25) is 9.89 Å². The summed E-state index contributed by atoms with van der Waals surface area (Å²) in [7, 11) is 0. The number of ether oxygens (including phenoxy) is 1. The zero-order valence-corrected chi connectivity index (χ0v) is 16.5. The number of nitrogens with zero attached hydrogens (tertiary/aromatic N) is 2. The van der Waals surface area contributed by atoms with Crippen molar-refractivity contribution in [2.24, 2.45) is 0 Å². The highest BCUT2D eigenvalue weighted by atomic mass is 79.9. The third-order valence-corrected chi connectivity index (χ3v) is 4.40. The Bertz CT molecular complexity index is 841. The van der Waals surface area contributed by atoms with Crippen LogP contribution in [0, 0.1) is 0 Å². The number of nitrogens with one attached hydrogen (secondary N) is 2. The van der Waals surface area contributed by atoms with Crippen LogP contribution < -0.4 is 5.32 Å². The molecule has 0 unspecified atom stereocenters. The molecule has 1 aliphatic heterocycles. The molecule has 0 spiro atoms. The van der Waals surface area contributed by atoms with Crippen molar-refractivity contribution in [3.63, 3.8) is 0 Å². The molecule has 0 atom stereocenters. The van der Waals surface area contributed by atoms with Crippen LogP contribution in [0.15, 0.2) is 28.7 Å². The molecule has 0 saturated heterocycles. The van der Waals surface area contributed by atoms with E-state index in [1.807, 2.05) is 26.8 Å². The predicted molar refractivity (Wildman–Crippen MR) is 101 cm³/mol. The second-order valence-corrected chi connectivity index (χ2v) is 8.06. The van der Waals surface area contributed by atoms with Crippen LogP contribution >= 0.6 is 15.9 Å². The molecule has 0 aliphatic carbocycles. The third-order valence-electron chi connectivity index (χ3n) is 3.90. The normalized spacial score (nSPS) is 13.9. The Morgan fingerprint density at radius 2 is 2.12 bits per heavy atom. The Morgan fingerprint density at radius 1 is 1.35 bits per heavy atom. The first-order valence-electron chi connectivity index (χ1n) is 8.34. The van der Waals surface area contributed by atoms with Crippen LogP contribution in [0.25, 0.3) is 0 Å². The number of amides is 2. The molecule has 2 heterocycles. The Morgan fingerprint density at radius 3 is 2.81 bits per heavy atom. The van der Waals surface area contributed by atoms with Crippen LogP contribution in [0.5, 0.6) is 0 Å². The van der Waals surface area contributed by atoms with Crippen molar-refractivity contribution in [3.05, 3.63) is 45.6 Å². The number of carbonyl (C=O) groups is 2. The standard InChI is InChI=1S/C18H21BrN4O3/c1-18(2,3)26-17(25)23-8-7-13-14(10-23)21-22-15(13)20-16(24)11-5-4-6-12(19)9-11/h4-6,9H,7-8,10H2,1-3H3,(H2,20,21,22,24). The summed E-state index contributed by atoms with van der Waals surface area (Å²) in [5.41, 5.74) is 1.75. The lowest BCUT2D eigenvalue weighted by molar-refractivity contribution is 0.0221. The minimum Gasteiger partial charge on any atom is -0.444 e. The number of carbonyl (C=O) groups excluding carboxylic acids is 2. The van der Waals surface area contributed by atoms with Crippen molar-refractivity contribution in [3.8, 4) is 0 Å². The molecule has 1 aliphatic rings. The van der Waals surface area contributed by atoms with E-state index in [0.717, 1.165) is 15.7 Å². The van der Waals surface area contributed by atoms with Crippen LogP contribution in [-0.4, -0.2) is 39.2 Å². The molecule has 26 heavy (non-hydrogen) atoms. The summed E-state index contributed by atoms with van der Waals surface area (Å²) in [6.07, 6.45) is 0.247. The van der Waals surface area contributed by atoms with Crippen molar-refractivity contribution in [2.75, 3.05) is 11.9 Å². The lowest BCUT2D eigenvalue weighted by Crippen LogP contribution is -2.39. The molecule has 7 nitrogen and oxygen atoms in total. The van der Waals surface area contributed by atoms with Gasteiger partial charge in [0.1, 0.15) is 5.60 Å². The summed E-state index contributed by atoms with van der Waals surface area (Å²) in [5, 5.41) is 9.96. The number of aromatic nitrogens is 2. The summed E-state index contributed by atoms with van der Waals surface area (Å²) < 4.78 is 6.25. The van der Waals surface area contributed by atoms with Crippen LogP contribution in [0.2, 0.25) is 0 Å². The fourth-order valence-corrected chi connectivity index (χ4v) is 3.11. The fraction of sp³-hybridized carbons (Fsp3) is 0.389. The van der Waals surface area contributed by atoms with Crippen LogP contribution in [0.4, 0.5) is 10.6 Å². The molecule has 1 aromatic carbocycles. The zero-order valence-electron chi connectivity index (χ0n) is 14.9. The number of hydrogen-bond acceptors (Lipinski definition) is 4. The van der Waals surface area contributed by atoms with Gasteiger partial charge in [0.2, 0.25) is 0 Å². The molecule has 0 fully saturated rings. The molecule has 2 amide bonds. The lowest BCUT2D eigenvalue weighted by atomic mass is 10.1. The molecule has 2 aromatic rings. The summed E-state index contributed by atoms with van der Waals surface area (Å²) in [6.45, 7) is 6.41. The molecular weight excluding hydrogens is 400 g/mol. The van der Waals surface area contributed by atoms with Gasteiger partial charge < -0.3 is 15.0 Å². The van der Waals surface area contributed by atoms with Crippen molar-refractivity contribution in [2.45, 2.75) is 39.3 Å². The predicted octanol–water partition coefficient (Wildman–Crippen LogP) is 3.72. The van der Waals surface area contributed by atoms with E-state index in [2.05, 4.69) is 31.4 Å². The topological polar surface area (TPSA) is 87.3 Å². The SMILES string of the molecule is CC(C)(C)OC(=O)N1CCc2c(NC(=O)c3cccc(Br)c3)n[nH]c2C1. The Balaban J connectivity index is 1.69. The summed E-state index contributed by atoms with van der Waals surface area (Å²) in [4.78, 5) is 26.3. The number of fused-ring (bicyclic) bond motifs is 1. The van der Waals surface area contributed by atoms with Crippen molar-refractivity contribution in [1.82, 2.24) is 15.1 Å². The summed E-state index contributed by atoms with van der Waals surface area (Å²) in [5.74, 6) is 0.281. The molecule has 138 valence electrons. The van der Waals surface area contributed by atoms with Gasteiger partial charge in [-0.15, -0.1) is 0 Å². The van der Waals surface area contributed by atoms with Crippen LogP contribution in [0.3, 0.4) is 0 Å². The highest BCUT2D eigenvalue weighted by molar-refractivity contribution is 9.10. The van der Waals surface area contributed by atoms with Gasteiger partial charge in [0, 0.05) is 22.1 Å². The van der Waals surface area contributed by atoms with E-state index >= 15 is 0 Å². The number of H-pyrrole nitrogens is 1. The highest BCUT2D eigenvalue weighted by Crippen LogP contribution is 2.25. The summed E-state index contributed by atoms with van der Waals surface area (Å²) >= 11 is 3.36. The largest absolute Gasteiger partial charge is 0.444 e. The van der Waals surface area contributed by atoms with E-state index in [-0.39, 0.29) is 12.0 Å². The van der Waals surface area contributed by atoms with Gasteiger partial charge in [-0.2, -0.15) is 5.10 Å². The van der Waals surface area contributed by atoms with Gasteiger partial charge in [-0.1, -0.05) is 22.0 Å². The first-order valence-corrected chi connectivity index (χ1v) is 9.13. The van der Waals surface area contributed by atoms with Crippen LogP contribution in [-0.2, 0) is 17.7 Å². The van der Waals surface area contributed by atoms with Crippen molar-refractivity contribution in [1.29, 1.82) is 0 Å². The number of hydrogen-bond donors (Lipinski definition) is 2. The smallest absolute Gasteiger partial charge is 0.410 e. The molecule has 0 bridgehead atoms. The number of halogens is 1. The number of anilines is 1. The first-order chi connectivity index (χ1) is 12.2. The number of rotatable bonds is 2. The second-order valence-electron chi connectivity index (χ2n) is 7.15. The van der Waals surface area contributed by atoms with Gasteiger partial charge in [-0.25, -0.2) is 4.79 Å². The molecule has 1 aromatic heterocycles. The Hall–Kier alpha value is -2.35. The molecule has 3 rings (SSSR count). The molecular formula is C18H21BrN4O3. The van der Waals surface area contributed by atoms with Gasteiger partial charge in [0.25, 0.3) is 5.91 Å². The third kappa shape index (κ3) is 4.24. The average Bonchev–Trinajstić information content (AvgIpc) is 2.95. The van der Waals surface area contributed by atoms with Crippen LogP contribution in [0.1, 0.15) is 42.4 Å². The van der Waals surface area contributed by atoms with E-state index in [4.69, 9.17) is 4.74 Å². The Kier molecular flexibility index (Phi) is 5.04. The molecule has 2 N–H and O–H groups in total. The lowest BCUT2D eigenvalue weighted by Gasteiger charge is -2.29. The quantitative estimate of drug-likeness (QED) is 0.774. The molecule has 0 saturated carbocycles. The minimum absolute atomic E-state index is 0.227. The van der Waals surface area contributed by atoms with Crippen molar-refractivity contribution < 1.29 is 14.3 Å². The summed E-state index contributed by atoms with van der Waals surface area (Å²) in [6, 6.07) is 7.15. The van der Waals surface area contributed by atoms with E-state index in [1.54, 1.807) is 23.1 Å². The van der Waals surface area contributed by atoms with Gasteiger partial charge in [0.15, 0.2) is 5.82 Å². The molecule has 8 heteroatoms. The maximum Gasteiger partial charge on any atom is 0.410 e. The monoisotopic (exact) mass is 420 g/mol. The van der Waals surface area contributed by atoms with Crippen molar-refractivity contribution >= 4 is 33.7 Å². The zero-order chi connectivity index (χ0) is 18.9. The number of aromatic amines is 1. The fourth-order valence-electron chi connectivity index (χ4n) is 2.71. The highest BCUT2D eigenvalue weighted by Gasteiger charge is 2.28. The minimum atomic E-state index is -0.533.